The Morgan fingerprint density at radius 1 is 1.25 bits per heavy atom. The van der Waals surface area contributed by atoms with Gasteiger partial charge in [0.05, 0.1) is 0 Å². The van der Waals surface area contributed by atoms with Crippen molar-refractivity contribution in [1.82, 2.24) is 0 Å². The molecular weight excluding hydrogens is 196 g/mol. The molecule has 0 spiro atoms. The monoisotopic (exact) mass is 218 g/mol. The normalized spacial score (nSPS) is 15.9. The van der Waals surface area contributed by atoms with Crippen LogP contribution in [0.5, 0.6) is 0 Å². The molecule has 0 radical (unpaired) electrons. The molecule has 0 aromatic heterocycles. The van der Waals surface area contributed by atoms with E-state index in [0.29, 0.717) is 0 Å². The van der Waals surface area contributed by atoms with E-state index in [2.05, 4.69) is 12.1 Å². The summed E-state index contributed by atoms with van der Waals surface area (Å²) >= 11 is 0. The highest BCUT2D eigenvalue weighted by Crippen LogP contribution is 2.34. The lowest BCUT2D eigenvalue weighted by Crippen LogP contribution is -1.99. The number of carbonyl (C=O) groups is 1. The van der Waals surface area contributed by atoms with Crippen LogP contribution in [0.4, 0.5) is 0 Å². The number of hydrogen-bond donors (Lipinski definition) is 0. The van der Waals surface area contributed by atoms with Crippen molar-refractivity contribution >= 4 is 5.78 Å². The molecule has 1 aromatic carbocycles. The molecule has 1 nitrogen and oxygen atoms in total. The fraction of sp³-hybridized carbons (Fsp3) is 0.533. The lowest BCUT2D eigenvalue weighted by molar-refractivity contribution is 0.101. The fourth-order valence-electron chi connectivity index (χ4n) is 2.59. The molecular formula is C15H22O. The Balaban J connectivity index is 0.00000128. The van der Waals surface area contributed by atoms with E-state index in [1.807, 2.05) is 13.0 Å². The van der Waals surface area contributed by atoms with Crippen LogP contribution >= 0.6 is 0 Å². The van der Waals surface area contributed by atoms with Crippen molar-refractivity contribution in [1.29, 1.82) is 0 Å². The molecule has 1 saturated carbocycles. The molecule has 16 heavy (non-hydrogen) atoms. The minimum Gasteiger partial charge on any atom is -0.295 e. The van der Waals surface area contributed by atoms with E-state index in [0.717, 1.165) is 17.0 Å². The molecule has 1 aliphatic rings. The second-order valence-corrected chi connectivity index (χ2v) is 4.61. The third-order valence-electron chi connectivity index (χ3n) is 3.46. The van der Waals surface area contributed by atoms with Crippen LogP contribution in [0, 0.1) is 6.92 Å². The highest BCUT2D eigenvalue weighted by atomic mass is 16.1. The maximum absolute atomic E-state index is 11.3. The summed E-state index contributed by atoms with van der Waals surface area (Å²) < 4.78 is 0. The minimum absolute atomic E-state index is 0. The van der Waals surface area contributed by atoms with Crippen LogP contribution in [-0.4, -0.2) is 5.78 Å². The van der Waals surface area contributed by atoms with Crippen LogP contribution in [0.25, 0.3) is 0 Å². The molecule has 0 aliphatic heterocycles. The van der Waals surface area contributed by atoms with Gasteiger partial charge in [0.1, 0.15) is 0 Å². The van der Waals surface area contributed by atoms with Gasteiger partial charge in [-0.3, -0.25) is 4.79 Å². The van der Waals surface area contributed by atoms with E-state index in [1.165, 1.54) is 31.2 Å². The Morgan fingerprint density at radius 2 is 1.88 bits per heavy atom. The zero-order chi connectivity index (χ0) is 10.8. The zero-order valence-electron chi connectivity index (χ0n) is 9.55. The number of hydrogen-bond acceptors (Lipinski definition) is 1. The third-order valence-corrected chi connectivity index (χ3v) is 3.46. The molecule has 1 aliphatic carbocycles. The Bertz CT molecular complexity index is 373. The Hall–Kier alpha value is -1.11. The highest BCUT2D eigenvalue weighted by Gasteiger charge is 2.17. The van der Waals surface area contributed by atoms with E-state index >= 15 is 0 Å². The van der Waals surface area contributed by atoms with Gasteiger partial charge in [-0.1, -0.05) is 38.5 Å². The summed E-state index contributed by atoms with van der Waals surface area (Å²) in [5.74, 6) is 0.912. The molecule has 0 atom stereocenters. The van der Waals surface area contributed by atoms with Crippen molar-refractivity contribution in [2.45, 2.75) is 52.9 Å². The average Bonchev–Trinajstić information content (AvgIpc) is 2.69. The smallest absolute Gasteiger partial charge is 0.160 e. The summed E-state index contributed by atoms with van der Waals surface area (Å²) in [6.45, 7) is 3.67. The van der Waals surface area contributed by atoms with Crippen LogP contribution in [0.3, 0.4) is 0 Å². The van der Waals surface area contributed by atoms with Crippen molar-refractivity contribution in [2.24, 2.45) is 0 Å². The first kappa shape index (κ1) is 13.0. The zero-order valence-corrected chi connectivity index (χ0v) is 9.55. The van der Waals surface area contributed by atoms with Crippen molar-refractivity contribution in [2.75, 3.05) is 0 Å². The van der Waals surface area contributed by atoms with Gasteiger partial charge in [0.15, 0.2) is 5.78 Å². The SMILES string of the molecule is C.CC(=O)c1ccc(C2CCCC2)cc1C. The van der Waals surface area contributed by atoms with Crippen LogP contribution in [0.15, 0.2) is 18.2 Å². The van der Waals surface area contributed by atoms with Gasteiger partial charge in [0.2, 0.25) is 0 Å². The molecule has 1 heteroatoms. The van der Waals surface area contributed by atoms with Crippen molar-refractivity contribution in [3.63, 3.8) is 0 Å². The molecule has 0 bridgehead atoms. The van der Waals surface area contributed by atoms with Crippen LogP contribution < -0.4 is 0 Å². The summed E-state index contributed by atoms with van der Waals surface area (Å²) in [5.41, 5.74) is 3.43. The minimum atomic E-state index is 0. The fourth-order valence-corrected chi connectivity index (χ4v) is 2.59. The first-order chi connectivity index (χ1) is 7.18. The Morgan fingerprint density at radius 3 is 2.38 bits per heavy atom. The van der Waals surface area contributed by atoms with Crippen LogP contribution in [0.2, 0.25) is 0 Å². The average molecular weight is 218 g/mol. The summed E-state index contributed by atoms with van der Waals surface area (Å²) in [6, 6.07) is 6.33. The molecule has 0 heterocycles. The topological polar surface area (TPSA) is 17.1 Å². The summed E-state index contributed by atoms with van der Waals surface area (Å²) in [6.07, 6.45) is 5.36. The quantitative estimate of drug-likeness (QED) is 0.668. The van der Waals surface area contributed by atoms with E-state index in [4.69, 9.17) is 0 Å². The number of carbonyl (C=O) groups excluding carboxylic acids is 1. The van der Waals surface area contributed by atoms with Crippen LogP contribution in [0.1, 0.15) is 67.4 Å². The Labute approximate surface area is 98.9 Å². The number of ketones is 1. The molecule has 0 N–H and O–H groups in total. The molecule has 0 unspecified atom stereocenters. The molecule has 1 fully saturated rings. The van der Waals surface area contributed by atoms with E-state index in [9.17, 15) is 4.79 Å². The van der Waals surface area contributed by atoms with Crippen molar-refractivity contribution in [3.05, 3.63) is 34.9 Å². The largest absolute Gasteiger partial charge is 0.295 e. The molecule has 88 valence electrons. The molecule has 1 aromatic rings. The predicted molar refractivity (Wildman–Crippen MR) is 69.1 cm³/mol. The highest BCUT2D eigenvalue weighted by molar-refractivity contribution is 5.95. The summed E-state index contributed by atoms with van der Waals surface area (Å²) in [4.78, 5) is 11.3. The first-order valence-corrected chi connectivity index (χ1v) is 5.80. The van der Waals surface area contributed by atoms with Crippen molar-refractivity contribution < 1.29 is 4.79 Å². The number of Topliss-reactive ketones (excluding diaryl/α,β-unsaturated/α-hetero) is 1. The maximum atomic E-state index is 11.3. The van der Waals surface area contributed by atoms with Gasteiger partial charge in [0.25, 0.3) is 0 Å². The molecule has 0 amide bonds. The molecule has 2 rings (SSSR count). The second kappa shape index (κ2) is 5.29. The van der Waals surface area contributed by atoms with Gasteiger partial charge >= 0.3 is 0 Å². The maximum Gasteiger partial charge on any atom is 0.160 e. The standard InChI is InChI=1S/C14H18O.CH4/c1-10-9-13(12-5-3-4-6-12)7-8-14(10)11(2)15;/h7-9,12H,3-6H2,1-2H3;1H4. The number of benzene rings is 1. The predicted octanol–water partition coefficient (Wildman–Crippen LogP) is 4.49. The van der Waals surface area contributed by atoms with Gasteiger partial charge in [-0.2, -0.15) is 0 Å². The van der Waals surface area contributed by atoms with Gasteiger partial charge in [-0.05, 0) is 43.7 Å². The van der Waals surface area contributed by atoms with E-state index in [-0.39, 0.29) is 13.2 Å². The van der Waals surface area contributed by atoms with Gasteiger partial charge in [0, 0.05) is 5.56 Å². The first-order valence-electron chi connectivity index (χ1n) is 5.80. The Kier molecular flexibility index (Phi) is 4.28. The third kappa shape index (κ3) is 2.52. The number of aryl methyl sites for hydroxylation is 1. The number of rotatable bonds is 2. The van der Waals surface area contributed by atoms with Gasteiger partial charge in [-0.25, -0.2) is 0 Å². The molecule has 0 saturated heterocycles. The lowest BCUT2D eigenvalue weighted by Gasteiger charge is -2.11. The lowest BCUT2D eigenvalue weighted by atomic mass is 9.93. The summed E-state index contributed by atoms with van der Waals surface area (Å²) in [7, 11) is 0. The summed E-state index contributed by atoms with van der Waals surface area (Å²) in [5, 5.41) is 0. The second-order valence-electron chi connectivity index (χ2n) is 4.61. The van der Waals surface area contributed by atoms with Crippen molar-refractivity contribution in [3.8, 4) is 0 Å². The van der Waals surface area contributed by atoms with E-state index in [1.54, 1.807) is 6.92 Å². The van der Waals surface area contributed by atoms with Gasteiger partial charge in [-0.15, -0.1) is 0 Å². The van der Waals surface area contributed by atoms with Gasteiger partial charge < -0.3 is 0 Å². The van der Waals surface area contributed by atoms with Crippen LogP contribution in [-0.2, 0) is 0 Å². The van der Waals surface area contributed by atoms with E-state index < -0.39 is 0 Å².